The molecule has 5 heteroatoms. The standard InChI is InChI=1S/C16H21N3O2/c1-4-20-14-6-5-7-15(8-14)21-16-11-17-9-13(19-16)10-18-12(2)3/h5-9,11-12,18H,4,10H2,1-3H3. The van der Waals surface area contributed by atoms with Crippen molar-refractivity contribution in [2.45, 2.75) is 33.4 Å². The highest BCUT2D eigenvalue weighted by Crippen LogP contribution is 2.23. The van der Waals surface area contributed by atoms with Gasteiger partial charge in [0.25, 0.3) is 0 Å². The third kappa shape index (κ3) is 5.04. The summed E-state index contributed by atoms with van der Waals surface area (Å²) in [4.78, 5) is 8.59. The Morgan fingerprint density at radius 2 is 2.00 bits per heavy atom. The Morgan fingerprint density at radius 1 is 1.19 bits per heavy atom. The Labute approximate surface area is 125 Å². The first-order valence-corrected chi connectivity index (χ1v) is 7.12. The number of aromatic nitrogens is 2. The Kier molecular flexibility index (Phi) is 5.51. The summed E-state index contributed by atoms with van der Waals surface area (Å²) in [5, 5.41) is 3.30. The van der Waals surface area contributed by atoms with Gasteiger partial charge in [-0.1, -0.05) is 19.9 Å². The molecule has 5 nitrogen and oxygen atoms in total. The summed E-state index contributed by atoms with van der Waals surface area (Å²) in [6.45, 7) is 7.42. The van der Waals surface area contributed by atoms with Crippen LogP contribution in [0.25, 0.3) is 0 Å². The lowest BCUT2D eigenvalue weighted by Crippen LogP contribution is -2.22. The van der Waals surface area contributed by atoms with Gasteiger partial charge in [-0.2, -0.15) is 0 Å². The predicted octanol–water partition coefficient (Wildman–Crippen LogP) is 3.17. The second kappa shape index (κ2) is 7.59. The minimum absolute atomic E-state index is 0.402. The maximum Gasteiger partial charge on any atom is 0.238 e. The van der Waals surface area contributed by atoms with Gasteiger partial charge in [-0.25, -0.2) is 4.98 Å². The van der Waals surface area contributed by atoms with E-state index in [1.807, 2.05) is 31.2 Å². The quantitative estimate of drug-likeness (QED) is 0.847. The van der Waals surface area contributed by atoms with Crippen LogP contribution < -0.4 is 14.8 Å². The molecule has 1 heterocycles. The molecule has 0 radical (unpaired) electrons. The monoisotopic (exact) mass is 287 g/mol. The van der Waals surface area contributed by atoms with Gasteiger partial charge in [0, 0.05) is 24.8 Å². The lowest BCUT2D eigenvalue weighted by atomic mass is 10.3. The van der Waals surface area contributed by atoms with Crippen LogP contribution in [-0.4, -0.2) is 22.6 Å². The molecule has 0 amide bonds. The molecule has 0 fully saturated rings. The third-order valence-electron chi connectivity index (χ3n) is 2.69. The average molecular weight is 287 g/mol. The van der Waals surface area contributed by atoms with Crippen molar-refractivity contribution in [3.8, 4) is 17.4 Å². The van der Waals surface area contributed by atoms with Crippen LogP contribution in [0.2, 0.25) is 0 Å². The summed E-state index contributed by atoms with van der Waals surface area (Å²) in [7, 11) is 0. The molecule has 1 aromatic carbocycles. The van der Waals surface area contributed by atoms with Crippen molar-refractivity contribution in [1.82, 2.24) is 15.3 Å². The van der Waals surface area contributed by atoms with Crippen LogP contribution in [0.15, 0.2) is 36.7 Å². The smallest absolute Gasteiger partial charge is 0.238 e. The molecule has 1 aromatic heterocycles. The number of nitrogens with one attached hydrogen (secondary N) is 1. The first-order chi connectivity index (χ1) is 10.2. The lowest BCUT2D eigenvalue weighted by Gasteiger charge is -2.09. The van der Waals surface area contributed by atoms with E-state index in [1.165, 1.54) is 0 Å². The highest BCUT2D eigenvalue weighted by Gasteiger charge is 2.04. The fourth-order valence-corrected chi connectivity index (χ4v) is 1.74. The van der Waals surface area contributed by atoms with Gasteiger partial charge < -0.3 is 14.8 Å². The topological polar surface area (TPSA) is 56.3 Å². The number of ether oxygens (including phenoxy) is 2. The zero-order valence-electron chi connectivity index (χ0n) is 12.7. The van der Waals surface area contributed by atoms with Crippen LogP contribution in [0.1, 0.15) is 26.5 Å². The van der Waals surface area contributed by atoms with Gasteiger partial charge in [-0.3, -0.25) is 4.98 Å². The highest BCUT2D eigenvalue weighted by atomic mass is 16.5. The molecule has 112 valence electrons. The molecule has 0 aliphatic heterocycles. The third-order valence-corrected chi connectivity index (χ3v) is 2.69. The molecule has 0 spiro atoms. The van der Waals surface area contributed by atoms with Gasteiger partial charge in [-0.15, -0.1) is 0 Å². The number of rotatable bonds is 7. The summed E-state index contributed by atoms with van der Waals surface area (Å²) in [5.41, 5.74) is 0.849. The van der Waals surface area contributed by atoms with Gasteiger partial charge in [0.1, 0.15) is 11.5 Å². The Morgan fingerprint density at radius 3 is 2.76 bits per heavy atom. The molecule has 0 saturated heterocycles. The summed E-state index contributed by atoms with van der Waals surface area (Å²) in [6, 6.07) is 7.88. The van der Waals surface area contributed by atoms with Crippen molar-refractivity contribution in [1.29, 1.82) is 0 Å². The summed E-state index contributed by atoms with van der Waals surface area (Å²) in [5.74, 6) is 1.94. The highest BCUT2D eigenvalue weighted by molar-refractivity contribution is 5.34. The normalized spacial score (nSPS) is 10.7. The van der Waals surface area contributed by atoms with Crippen molar-refractivity contribution in [3.63, 3.8) is 0 Å². The van der Waals surface area contributed by atoms with Gasteiger partial charge in [0.15, 0.2) is 0 Å². The minimum atomic E-state index is 0.402. The van der Waals surface area contributed by atoms with E-state index >= 15 is 0 Å². The zero-order valence-corrected chi connectivity index (χ0v) is 12.7. The minimum Gasteiger partial charge on any atom is -0.494 e. The molecule has 0 saturated carbocycles. The predicted molar refractivity (Wildman–Crippen MR) is 81.7 cm³/mol. The van der Waals surface area contributed by atoms with Crippen LogP contribution in [0, 0.1) is 0 Å². The Bertz CT molecular complexity index is 573. The zero-order chi connectivity index (χ0) is 15.1. The molecule has 0 bridgehead atoms. The average Bonchev–Trinajstić information content (AvgIpc) is 2.46. The molecule has 2 aromatic rings. The van der Waals surface area contributed by atoms with Crippen LogP contribution >= 0.6 is 0 Å². The van der Waals surface area contributed by atoms with Gasteiger partial charge >= 0.3 is 0 Å². The SMILES string of the molecule is CCOc1cccc(Oc2cncc(CNC(C)C)n2)c1. The first-order valence-electron chi connectivity index (χ1n) is 7.12. The van der Waals surface area contributed by atoms with Crippen LogP contribution in [-0.2, 0) is 6.54 Å². The number of benzene rings is 1. The Balaban J connectivity index is 2.05. The molecule has 0 atom stereocenters. The van der Waals surface area contributed by atoms with Crippen molar-refractivity contribution in [2.75, 3.05) is 6.61 Å². The van der Waals surface area contributed by atoms with Gasteiger partial charge in [0.2, 0.25) is 5.88 Å². The molecule has 0 aliphatic carbocycles. The number of hydrogen-bond donors (Lipinski definition) is 1. The molecular weight excluding hydrogens is 266 g/mol. The number of nitrogens with zero attached hydrogens (tertiary/aromatic N) is 2. The van der Waals surface area contributed by atoms with Gasteiger partial charge in [-0.05, 0) is 19.1 Å². The fraction of sp³-hybridized carbons (Fsp3) is 0.375. The van der Waals surface area contributed by atoms with Crippen molar-refractivity contribution < 1.29 is 9.47 Å². The van der Waals surface area contributed by atoms with E-state index in [0.717, 1.165) is 11.4 Å². The van der Waals surface area contributed by atoms with Crippen LogP contribution in [0.5, 0.6) is 17.4 Å². The number of hydrogen-bond acceptors (Lipinski definition) is 5. The largest absolute Gasteiger partial charge is 0.494 e. The van der Waals surface area contributed by atoms with E-state index in [0.29, 0.717) is 30.8 Å². The second-order valence-electron chi connectivity index (χ2n) is 4.89. The fourth-order valence-electron chi connectivity index (χ4n) is 1.74. The van der Waals surface area contributed by atoms with Crippen molar-refractivity contribution in [2.24, 2.45) is 0 Å². The van der Waals surface area contributed by atoms with Crippen molar-refractivity contribution >= 4 is 0 Å². The summed E-state index contributed by atoms with van der Waals surface area (Å²) < 4.78 is 11.2. The first kappa shape index (κ1) is 15.3. The second-order valence-corrected chi connectivity index (χ2v) is 4.89. The van der Waals surface area contributed by atoms with E-state index in [4.69, 9.17) is 9.47 Å². The molecule has 1 N–H and O–H groups in total. The molecule has 2 rings (SSSR count). The molecule has 21 heavy (non-hydrogen) atoms. The maximum absolute atomic E-state index is 5.73. The summed E-state index contributed by atoms with van der Waals surface area (Å²) in [6.07, 6.45) is 3.34. The molecular formula is C16H21N3O2. The van der Waals surface area contributed by atoms with E-state index in [-0.39, 0.29) is 0 Å². The van der Waals surface area contributed by atoms with Crippen LogP contribution in [0.4, 0.5) is 0 Å². The van der Waals surface area contributed by atoms with E-state index in [2.05, 4.69) is 29.1 Å². The van der Waals surface area contributed by atoms with E-state index < -0.39 is 0 Å². The van der Waals surface area contributed by atoms with E-state index in [1.54, 1.807) is 12.4 Å². The van der Waals surface area contributed by atoms with E-state index in [9.17, 15) is 0 Å². The molecule has 0 aliphatic rings. The van der Waals surface area contributed by atoms with Crippen LogP contribution in [0.3, 0.4) is 0 Å². The van der Waals surface area contributed by atoms with Crippen molar-refractivity contribution in [3.05, 3.63) is 42.4 Å². The lowest BCUT2D eigenvalue weighted by molar-refractivity contribution is 0.338. The van der Waals surface area contributed by atoms with Gasteiger partial charge in [0.05, 0.1) is 18.5 Å². The summed E-state index contributed by atoms with van der Waals surface area (Å²) >= 11 is 0. The Hall–Kier alpha value is -2.14. The molecule has 0 unspecified atom stereocenters. The maximum atomic E-state index is 5.73.